The predicted octanol–water partition coefficient (Wildman–Crippen LogP) is 3.16. The van der Waals surface area contributed by atoms with Crippen LogP contribution in [0.3, 0.4) is 0 Å². The maximum atomic E-state index is 5.62. The third-order valence-corrected chi connectivity index (χ3v) is 3.70. The summed E-state index contributed by atoms with van der Waals surface area (Å²) in [6, 6.07) is 7.50. The molecule has 2 aromatic rings. The van der Waals surface area contributed by atoms with E-state index in [-0.39, 0.29) is 0 Å². The number of aromatic nitrogens is 1. The summed E-state index contributed by atoms with van der Waals surface area (Å²) in [5, 5.41) is 0.963. The van der Waals surface area contributed by atoms with Crippen molar-refractivity contribution >= 4 is 24.0 Å². The van der Waals surface area contributed by atoms with Crippen molar-refractivity contribution in [2.75, 3.05) is 7.11 Å². The van der Waals surface area contributed by atoms with Gasteiger partial charge in [-0.3, -0.25) is 0 Å². The van der Waals surface area contributed by atoms with Crippen LogP contribution in [0.4, 0.5) is 0 Å². The zero-order chi connectivity index (χ0) is 12.1. The van der Waals surface area contributed by atoms with Gasteiger partial charge in [-0.2, -0.15) is 12.6 Å². The van der Waals surface area contributed by atoms with E-state index in [9.17, 15) is 0 Å². The summed E-state index contributed by atoms with van der Waals surface area (Å²) >= 11 is 5.82. The summed E-state index contributed by atoms with van der Waals surface area (Å²) in [5.41, 5.74) is 0. The molecule has 0 N–H and O–H groups in total. The molecule has 0 bridgehead atoms. The van der Waals surface area contributed by atoms with Crippen LogP contribution in [0.25, 0.3) is 0 Å². The molecule has 0 saturated heterocycles. The van der Waals surface area contributed by atoms with Gasteiger partial charge in [0.15, 0.2) is 0 Å². The van der Waals surface area contributed by atoms with Gasteiger partial charge in [-0.15, -0.1) is 11.3 Å². The Balaban J connectivity index is 1.92. The molecule has 3 nitrogen and oxygen atoms in total. The highest BCUT2D eigenvalue weighted by Crippen LogP contribution is 2.20. The lowest BCUT2D eigenvalue weighted by molar-refractivity contribution is 0.305. The van der Waals surface area contributed by atoms with E-state index in [4.69, 9.17) is 9.47 Å². The first kappa shape index (κ1) is 12.3. The van der Waals surface area contributed by atoms with E-state index in [1.165, 1.54) is 0 Å². The number of benzene rings is 1. The molecular formula is C12H13NO2S2. The quantitative estimate of drug-likeness (QED) is 0.844. The molecule has 0 unspecified atom stereocenters. The third-order valence-electron chi connectivity index (χ3n) is 2.18. The fourth-order valence-corrected chi connectivity index (χ4v) is 2.28. The third kappa shape index (κ3) is 3.38. The Bertz CT molecular complexity index is 468. The molecule has 1 aromatic heterocycles. The molecule has 0 saturated carbocycles. The van der Waals surface area contributed by atoms with Crippen LogP contribution in [0.15, 0.2) is 30.5 Å². The summed E-state index contributed by atoms with van der Waals surface area (Å²) in [7, 11) is 1.64. The van der Waals surface area contributed by atoms with E-state index in [2.05, 4.69) is 17.6 Å². The molecule has 0 atom stereocenters. The molecule has 0 radical (unpaired) electrons. The van der Waals surface area contributed by atoms with Crippen molar-refractivity contribution in [3.63, 3.8) is 0 Å². The van der Waals surface area contributed by atoms with Crippen LogP contribution < -0.4 is 9.47 Å². The minimum absolute atomic E-state index is 0.491. The molecule has 0 fully saturated rings. The molecule has 17 heavy (non-hydrogen) atoms. The lowest BCUT2D eigenvalue weighted by atomic mass is 10.3. The topological polar surface area (TPSA) is 31.4 Å². The Morgan fingerprint density at radius 2 is 1.94 bits per heavy atom. The van der Waals surface area contributed by atoms with Crippen molar-refractivity contribution in [2.24, 2.45) is 0 Å². The number of hydrogen-bond donors (Lipinski definition) is 1. The molecule has 0 amide bonds. The molecule has 0 spiro atoms. The molecule has 90 valence electrons. The van der Waals surface area contributed by atoms with Gasteiger partial charge in [-0.05, 0) is 24.3 Å². The summed E-state index contributed by atoms with van der Waals surface area (Å²) in [5.74, 6) is 2.36. The highest BCUT2D eigenvalue weighted by molar-refractivity contribution is 7.79. The first-order chi connectivity index (χ1) is 8.31. The number of thiol groups is 1. The zero-order valence-corrected chi connectivity index (χ0v) is 11.1. The van der Waals surface area contributed by atoms with Gasteiger partial charge in [0.05, 0.1) is 7.11 Å². The summed E-state index contributed by atoms with van der Waals surface area (Å²) in [4.78, 5) is 5.41. The van der Waals surface area contributed by atoms with Gasteiger partial charge in [0.2, 0.25) is 0 Å². The van der Waals surface area contributed by atoms with Crippen molar-refractivity contribution < 1.29 is 9.47 Å². The van der Waals surface area contributed by atoms with E-state index >= 15 is 0 Å². The van der Waals surface area contributed by atoms with Crippen LogP contribution in [0.2, 0.25) is 0 Å². The van der Waals surface area contributed by atoms with Gasteiger partial charge in [0, 0.05) is 16.8 Å². The lowest BCUT2D eigenvalue weighted by Gasteiger charge is -2.04. The first-order valence-corrected chi connectivity index (χ1v) is 6.58. The van der Waals surface area contributed by atoms with Gasteiger partial charge in [-0.1, -0.05) is 0 Å². The van der Waals surface area contributed by atoms with Crippen molar-refractivity contribution in [2.45, 2.75) is 12.4 Å². The molecule has 5 heteroatoms. The van der Waals surface area contributed by atoms with Crippen LogP contribution in [0.5, 0.6) is 11.5 Å². The molecule has 0 aliphatic heterocycles. The Labute approximate surface area is 110 Å². The monoisotopic (exact) mass is 267 g/mol. The number of thiazole rings is 1. The van der Waals surface area contributed by atoms with Crippen LogP contribution in [0, 0.1) is 0 Å². The van der Waals surface area contributed by atoms with E-state index in [1.807, 2.05) is 30.5 Å². The SMILES string of the molecule is COc1ccc(OCc2ncc(CS)s2)cc1. The molecule has 2 rings (SSSR count). The summed E-state index contributed by atoms with van der Waals surface area (Å²) in [6.45, 7) is 0.491. The van der Waals surface area contributed by atoms with E-state index in [0.29, 0.717) is 6.61 Å². The minimum atomic E-state index is 0.491. The number of methoxy groups -OCH3 is 1. The van der Waals surface area contributed by atoms with Crippen LogP contribution >= 0.6 is 24.0 Å². The second-order valence-electron chi connectivity index (χ2n) is 3.34. The van der Waals surface area contributed by atoms with Crippen molar-refractivity contribution in [1.29, 1.82) is 0 Å². The Hall–Kier alpha value is -1.20. The molecular weight excluding hydrogens is 254 g/mol. The smallest absolute Gasteiger partial charge is 0.140 e. The highest BCUT2D eigenvalue weighted by Gasteiger charge is 2.02. The number of hydrogen-bond acceptors (Lipinski definition) is 5. The van der Waals surface area contributed by atoms with Crippen LogP contribution in [0.1, 0.15) is 9.88 Å². The van der Waals surface area contributed by atoms with E-state index < -0.39 is 0 Å². The van der Waals surface area contributed by atoms with Gasteiger partial charge in [0.25, 0.3) is 0 Å². The lowest BCUT2D eigenvalue weighted by Crippen LogP contribution is -1.94. The zero-order valence-electron chi connectivity index (χ0n) is 9.42. The normalized spacial score (nSPS) is 10.2. The highest BCUT2D eigenvalue weighted by atomic mass is 32.1. The predicted molar refractivity (Wildman–Crippen MR) is 72.1 cm³/mol. The van der Waals surface area contributed by atoms with E-state index in [1.54, 1.807) is 18.4 Å². The fourth-order valence-electron chi connectivity index (χ4n) is 1.30. The Morgan fingerprint density at radius 1 is 1.24 bits per heavy atom. The van der Waals surface area contributed by atoms with Gasteiger partial charge >= 0.3 is 0 Å². The molecule has 1 aromatic carbocycles. The maximum Gasteiger partial charge on any atom is 0.140 e. The van der Waals surface area contributed by atoms with E-state index in [0.717, 1.165) is 27.1 Å². The van der Waals surface area contributed by atoms with Crippen molar-refractivity contribution in [1.82, 2.24) is 4.98 Å². The van der Waals surface area contributed by atoms with Gasteiger partial charge in [-0.25, -0.2) is 4.98 Å². The summed E-state index contributed by atoms with van der Waals surface area (Å²) < 4.78 is 10.7. The fraction of sp³-hybridized carbons (Fsp3) is 0.250. The second-order valence-corrected chi connectivity index (χ2v) is 4.86. The average Bonchev–Trinajstić information content (AvgIpc) is 2.85. The second kappa shape index (κ2) is 5.93. The molecule has 0 aliphatic carbocycles. The number of ether oxygens (including phenoxy) is 2. The molecule has 1 heterocycles. The largest absolute Gasteiger partial charge is 0.497 e. The average molecular weight is 267 g/mol. The van der Waals surface area contributed by atoms with Gasteiger partial charge < -0.3 is 9.47 Å². The van der Waals surface area contributed by atoms with Crippen molar-refractivity contribution in [3.05, 3.63) is 40.3 Å². The Morgan fingerprint density at radius 3 is 2.53 bits per heavy atom. The standard InChI is InChI=1S/C12H13NO2S2/c1-14-9-2-4-10(5-3-9)15-7-12-13-6-11(8-16)17-12/h2-6,16H,7-8H2,1H3. The van der Waals surface area contributed by atoms with Gasteiger partial charge in [0.1, 0.15) is 23.1 Å². The van der Waals surface area contributed by atoms with Crippen LogP contribution in [-0.4, -0.2) is 12.1 Å². The maximum absolute atomic E-state index is 5.62. The number of nitrogens with zero attached hydrogens (tertiary/aromatic N) is 1. The minimum Gasteiger partial charge on any atom is -0.497 e. The number of rotatable bonds is 5. The van der Waals surface area contributed by atoms with Crippen molar-refractivity contribution in [3.8, 4) is 11.5 Å². The van der Waals surface area contributed by atoms with Crippen LogP contribution in [-0.2, 0) is 12.4 Å². The summed E-state index contributed by atoms with van der Waals surface area (Å²) in [6.07, 6.45) is 1.84. The first-order valence-electron chi connectivity index (χ1n) is 5.13. The Kier molecular flexibility index (Phi) is 4.28. The molecule has 0 aliphatic rings.